The van der Waals surface area contributed by atoms with Crippen molar-refractivity contribution in [2.75, 3.05) is 20.0 Å². The van der Waals surface area contributed by atoms with Gasteiger partial charge in [0.15, 0.2) is 0 Å². The lowest BCUT2D eigenvalue weighted by atomic mass is 10.2. The van der Waals surface area contributed by atoms with E-state index in [9.17, 15) is 19.7 Å². The molecule has 12 heteroatoms. The number of hydrogen-bond donors (Lipinski definition) is 1. The first kappa shape index (κ1) is 23.8. The fourth-order valence-electron chi connectivity index (χ4n) is 1.78. The molecule has 0 aliphatic carbocycles. The highest BCUT2D eigenvalue weighted by atomic mass is 35.5. The molecule has 28 heavy (non-hydrogen) atoms. The summed E-state index contributed by atoms with van der Waals surface area (Å²) >= 11 is 22.6. The number of rotatable bonds is 3. The summed E-state index contributed by atoms with van der Waals surface area (Å²) in [5.74, 6) is -1.28. The van der Waals surface area contributed by atoms with E-state index in [1.165, 1.54) is 19.2 Å². The summed E-state index contributed by atoms with van der Waals surface area (Å²) in [7, 11) is 2.42. The van der Waals surface area contributed by atoms with E-state index in [1.807, 2.05) is 0 Å². The minimum absolute atomic E-state index is 0.0115. The molecule has 2 N–H and O–H groups in total. The Bertz CT molecular complexity index is 936. The van der Waals surface area contributed by atoms with E-state index >= 15 is 0 Å². The number of benzene rings is 2. The predicted molar refractivity (Wildman–Crippen MR) is 107 cm³/mol. The van der Waals surface area contributed by atoms with Crippen LogP contribution < -0.4 is 5.73 Å². The number of carbonyl (C=O) groups is 2. The van der Waals surface area contributed by atoms with E-state index < -0.39 is 16.9 Å². The summed E-state index contributed by atoms with van der Waals surface area (Å²) in [5, 5.41) is 11.0. The Morgan fingerprint density at radius 3 is 1.71 bits per heavy atom. The van der Waals surface area contributed by atoms with Crippen molar-refractivity contribution in [3.05, 3.63) is 65.6 Å². The summed E-state index contributed by atoms with van der Waals surface area (Å²) in [6.45, 7) is 0. The van der Waals surface area contributed by atoms with E-state index in [1.54, 1.807) is 0 Å². The van der Waals surface area contributed by atoms with Crippen LogP contribution in [0.1, 0.15) is 20.7 Å². The van der Waals surface area contributed by atoms with Gasteiger partial charge in [0.2, 0.25) is 0 Å². The van der Waals surface area contributed by atoms with Gasteiger partial charge in [0.1, 0.15) is 5.02 Å². The fourth-order valence-corrected chi connectivity index (χ4v) is 2.77. The Kier molecular flexibility index (Phi) is 8.77. The van der Waals surface area contributed by atoms with Gasteiger partial charge in [0.25, 0.3) is 5.69 Å². The molecule has 2 rings (SSSR count). The number of nitrogens with two attached hydrogens (primary N) is 1. The molecular weight excluding hydrogens is 458 g/mol. The Labute approximate surface area is 179 Å². The van der Waals surface area contributed by atoms with Gasteiger partial charge in [-0.3, -0.25) is 10.1 Å². The molecule has 0 heterocycles. The summed E-state index contributed by atoms with van der Waals surface area (Å²) in [5.41, 5.74) is 5.52. The van der Waals surface area contributed by atoms with Crippen LogP contribution in [0.25, 0.3) is 0 Å². The maximum atomic E-state index is 11.1. The van der Waals surface area contributed by atoms with Gasteiger partial charge in [0, 0.05) is 6.07 Å². The van der Waals surface area contributed by atoms with Crippen LogP contribution in [0.2, 0.25) is 20.1 Å². The number of methoxy groups -OCH3 is 2. The Morgan fingerprint density at radius 2 is 1.29 bits per heavy atom. The standard InChI is InChI=1S/C8H5Cl2NO4.C8H7Cl2NO2/c1-15-8(12)4-2-7(11(13)14)6(10)3-5(4)9;1-13-8(12)4-2-7(11)6(10)3-5(4)9/h2-3H,1H3;2-3H,11H2,1H3. The Morgan fingerprint density at radius 1 is 0.857 bits per heavy atom. The first-order valence-electron chi connectivity index (χ1n) is 7.08. The van der Waals surface area contributed by atoms with Crippen LogP contribution in [0.3, 0.4) is 0 Å². The zero-order valence-corrected chi connectivity index (χ0v) is 17.3. The van der Waals surface area contributed by atoms with Crippen LogP contribution in [0.5, 0.6) is 0 Å². The van der Waals surface area contributed by atoms with Crippen LogP contribution in [0.15, 0.2) is 24.3 Å². The predicted octanol–water partition coefficient (Wildman–Crippen LogP) is 5.05. The van der Waals surface area contributed by atoms with Crippen LogP contribution >= 0.6 is 46.4 Å². The van der Waals surface area contributed by atoms with Crippen LogP contribution in [0.4, 0.5) is 11.4 Å². The monoisotopic (exact) mass is 468 g/mol. The Balaban J connectivity index is 0.000000283. The van der Waals surface area contributed by atoms with Gasteiger partial charge >= 0.3 is 11.9 Å². The molecule has 0 spiro atoms. The zero-order chi connectivity index (χ0) is 21.6. The number of halogens is 4. The molecule has 0 atom stereocenters. The lowest BCUT2D eigenvalue weighted by Gasteiger charge is -2.04. The number of esters is 2. The van der Waals surface area contributed by atoms with Crippen molar-refractivity contribution in [2.24, 2.45) is 0 Å². The number of ether oxygens (including phenoxy) is 2. The highest BCUT2D eigenvalue weighted by molar-refractivity contribution is 6.38. The van der Waals surface area contributed by atoms with E-state index in [4.69, 9.17) is 52.1 Å². The van der Waals surface area contributed by atoms with Gasteiger partial charge in [-0.05, 0) is 18.2 Å². The summed E-state index contributed by atoms with van der Waals surface area (Å²) in [4.78, 5) is 32.1. The molecule has 0 fully saturated rings. The molecule has 0 aliphatic heterocycles. The number of hydrogen-bond acceptors (Lipinski definition) is 7. The highest BCUT2D eigenvalue weighted by Gasteiger charge is 2.20. The number of nitrogen functional groups attached to an aromatic ring is 1. The molecule has 0 bridgehead atoms. The summed E-state index contributed by atoms with van der Waals surface area (Å²) < 4.78 is 8.89. The number of nitro benzene ring substituents is 1. The zero-order valence-electron chi connectivity index (χ0n) is 14.3. The molecule has 0 aromatic heterocycles. The second kappa shape index (κ2) is 10.3. The lowest BCUT2D eigenvalue weighted by Crippen LogP contribution is -2.03. The summed E-state index contributed by atoms with van der Waals surface area (Å²) in [6.07, 6.45) is 0. The molecule has 0 saturated heterocycles. The maximum Gasteiger partial charge on any atom is 0.339 e. The van der Waals surface area contributed by atoms with Gasteiger partial charge < -0.3 is 15.2 Å². The van der Waals surface area contributed by atoms with Crippen LogP contribution in [-0.2, 0) is 9.47 Å². The van der Waals surface area contributed by atoms with E-state index in [0.29, 0.717) is 10.7 Å². The first-order chi connectivity index (χ1) is 13.0. The van der Waals surface area contributed by atoms with Crippen LogP contribution in [-0.4, -0.2) is 31.1 Å². The summed E-state index contributed by atoms with van der Waals surface area (Å²) in [6, 6.07) is 4.91. The second-order valence-electron chi connectivity index (χ2n) is 4.88. The highest BCUT2D eigenvalue weighted by Crippen LogP contribution is 2.31. The van der Waals surface area contributed by atoms with E-state index in [2.05, 4.69) is 9.47 Å². The molecule has 0 aliphatic rings. The molecule has 0 radical (unpaired) electrons. The van der Waals surface area contributed by atoms with Crippen molar-refractivity contribution in [1.82, 2.24) is 0 Å². The topological polar surface area (TPSA) is 122 Å². The molecule has 2 aromatic carbocycles. The van der Waals surface area contributed by atoms with Gasteiger partial charge in [-0.2, -0.15) is 0 Å². The van der Waals surface area contributed by atoms with Crippen molar-refractivity contribution >= 4 is 69.7 Å². The largest absolute Gasteiger partial charge is 0.465 e. The quantitative estimate of drug-likeness (QED) is 0.288. The van der Waals surface area contributed by atoms with Gasteiger partial charge in [-0.1, -0.05) is 46.4 Å². The average molecular weight is 470 g/mol. The van der Waals surface area contributed by atoms with Crippen molar-refractivity contribution in [3.8, 4) is 0 Å². The first-order valence-corrected chi connectivity index (χ1v) is 8.59. The fraction of sp³-hybridized carbons (Fsp3) is 0.125. The molecule has 0 amide bonds. The van der Waals surface area contributed by atoms with Crippen molar-refractivity contribution in [2.45, 2.75) is 0 Å². The maximum absolute atomic E-state index is 11.1. The minimum Gasteiger partial charge on any atom is -0.465 e. The van der Waals surface area contributed by atoms with Gasteiger partial charge in [-0.15, -0.1) is 0 Å². The number of anilines is 1. The third kappa shape index (κ3) is 5.87. The second-order valence-corrected chi connectivity index (χ2v) is 6.51. The van der Waals surface area contributed by atoms with Gasteiger partial charge in [0.05, 0.1) is 51.0 Å². The number of carbonyl (C=O) groups excluding carboxylic acids is 2. The molecule has 2 aromatic rings. The molecular formula is C16H12Cl4N2O6. The molecule has 150 valence electrons. The lowest BCUT2D eigenvalue weighted by molar-refractivity contribution is -0.384. The molecule has 0 saturated carbocycles. The van der Waals surface area contributed by atoms with Crippen LogP contribution in [0, 0.1) is 10.1 Å². The van der Waals surface area contributed by atoms with Gasteiger partial charge in [-0.25, -0.2) is 9.59 Å². The average Bonchev–Trinajstić information content (AvgIpc) is 2.63. The SMILES string of the molecule is COC(=O)c1cc(N)c(Cl)cc1Cl.COC(=O)c1cc([N+](=O)[O-])c(Cl)cc1Cl. The smallest absolute Gasteiger partial charge is 0.339 e. The number of nitrogens with zero attached hydrogens (tertiary/aromatic N) is 1. The normalized spacial score (nSPS) is 9.79. The van der Waals surface area contributed by atoms with Crippen molar-refractivity contribution < 1.29 is 24.0 Å². The van der Waals surface area contributed by atoms with E-state index in [-0.39, 0.29) is 31.9 Å². The third-order valence-electron chi connectivity index (χ3n) is 3.13. The number of nitro groups is 1. The van der Waals surface area contributed by atoms with Crippen molar-refractivity contribution in [3.63, 3.8) is 0 Å². The Hall–Kier alpha value is -2.26. The minimum atomic E-state index is -0.750. The van der Waals surface area contributed by atoms with Crippen molar-refractivity contribution in [1.29, 1.82) is 0 Å². The van der Waals surface area contributed by atoms with E-state index in [0.717, 1.165) is 19.2 Å². The molecule has 8 nitrogen and oxygen atoms in total. The molecule has 0 unspecified atom stereocenters. The third-order valence-corrected chi connectivity index (χ3v) is 4.39.